The summed E-state index contributed by atoms with van der Waals surface area (Å²) in [5.74, 6) is -1.06. The highest BCUT2D eigenvalue weighted by Gasteiger charge is 2.35. The highest BCUT2D eigenvalue weighted by Crippen LogP contribution is 2.22. The van der Waals surface area contributed by atoms with Crippen molar-refractivity contribution in [3.63, 3.8) is 0 Å². The normalized spacial score (nSPS) is 25.9. The van der Waals surface area contributed by atoms with E-state index in [9.17, 15) is 9.59 Å². The Kier molecular flexibility index (Phi) is 4.14. The number of hydrogen-bond acceptors (Lipinski definition) is 3. The third-order valence-corrected chi connectivity index (χ3v) is 2.89. The molecule has 0 aromatic rings. The highest BCUT2D eigenvalue weighted by molar-refractivity contribution is 5.79. The molecule has 1 fully saturated rings. The maximum atomic E-state index is 11.7. The smallest absolute Gasteiger partial charge is 0.308 e. The van der Waals surface area contributed by atoms with Crippen molar-refractivity contribution < 1.29 is 14.7 Å². The number of hydrogen-bond donors (Lipinski definition) is 2. The molecule has 1 amide bonds. The number of nitrogens with one attached hydrogen (secondary N) is 1. The second-order valence-corrected chi connectivity index (χ2v) is 5.91. The van der Waals surface area contributed by atoms with E-state index < -0.39 is 5.97 Å². The molecule has 1 aliphatic rings. The largest absolute Gasteiger partial charge is 0.481 e. The molecule has 1 rings (SSSR count). The van der Waals surface area contributed by atoms with E-state index in [1.54, 1.807) is 0 Å². The molecule has 1 heterocycles. The molecule has 0 radical (unpaired) electrons. The minimum atomic E-state index is -0.767. The molecule has 0 spiro atoms. The Hall–Kier alpha value is -1.10. The summed E-state index contributed by atoms with van der Waals surface area (Å²) in [4.78, 5) is 24.5. The summed E-state index contributed by atoms with van der Waals surface area (Å²) in [6, 6.07) is 0. The van der Waals surface area contributed by atoms with Crippen molar-refractivity contribution in [2.45, 2.75) is 33.2 Å². The molecule has 1 saturated heterocycles. The van der Waals surface area contributed by atoms with E-state index in [0.717, 1.165) is 0 Å². The van der Waals surface area contributed by atoms with Gasteiger partial charge in [-0.25, -0.2) is 0 Å². The van der Waals surface area contributed by atoms with Crippen LogP contribution in [0.15, 0.2) is 0 Å². The lowest BCUT2D eigenvalue weighted by atomic mass is 9.99. The first-order chi connectivity index (χ1) is 7.69. The van der Waals surface area contributed by atoms with E-state index in [-0.39, 0.29) is 29.8 Å². The number of carbonyl (C=O) groups is 2. The monoisotopic (exact) mass is 242 g/mol. The molecule has 0 aliphatic carbocycles. The zero-order valence-electron chi connectivity index (χ0n) is 11.0. The van der Waals surface area contributed by atoms with E-state index in [1.807, 2.05) is 32.6 Å². The molecule has 98 valence electrons. The molecule has 2 atom stereocenters. The van der Waals surface area contributed by atoms with E-state index >= 15 is 0 Å². The fourth-order valence-corrected chi connectivity index (χ4v) is 2.18. The molecule has 5 heteroatoms. The summed E-state index contributed by atoms with van der Waals surface area (Å²) < 4.78 is 0. The van der Waals surface area contributed by atoms with Crippen LogP contribution in [0.4, 0.5) is 0 Å². The van der Waals surface area contributed by atoms with Crippen LogP contribution in [-0.4, -0.2) is 47.1 Å². The predicted molar refractivity (Wildman–Crippen MR) is 64.6 cm³/mol. The van der Waals surface area contributed by atoms with Crippen LogP contribution in [-0.2, 0) is 9.59 Å². The minimum Gasteiger partial charge on any atom is -0.481 e. The van der Waals surface area contributed by atoms with Gasteiger partial charge in [0.15, 0.2) is 0 Å². The van der Waals surface area contributed by atoms with Crippen molar-refractivity contribution in [2.75, 3.05) is 19.6 Å². The SMILES string of the molecule is CC1CN(CC(=O)NC(C)(C)C)CC1C(=O)O. The first-order valence-electron chi connectivity index (χ1n) is 5.95. The first-order valence-corrected chi connectivity index (χ1v) is 5.95. The molecule has 5 nitrogen and oxygen atoms in total. The Morgan fingerprint density at radius 3 is 2.35 bits per heavy atom. The summed E-state index contributed by atoms with van der Waals surface area (Å²) >= 11 is 0. The Morgan fingerprint density at radius 1 is 1.35 bits per heavy atom. The van der Waals surface area contributed by atoms with Gasteiger partial charge in [0.25, 0.3) is 0 Å². The van der Waals surface area contributed by atoms with Crippen molar-refractivity contribution in [2.24, 2.45) is 11.8 Å². The third-order valence-electron chi connectivity index (χ3n) is 2.89. The van der Waals surface area contributed by atoms with Crippen LogP contribution >= 0.6 is 0 Å². The highest BCUT2D eigenvalue weighted by atomic mass is 16.4. The molecule has 0 saturated carbocycles. The molecule has 2 N–H and O–H groups in total. The summed E-state index contributed by atoms with van der Waals surface area (Å²) in [5.41, 5.74) is -0.241. The van der Waals surface area contributed by atoms with Crippen molar-refractivity contribution in [3.8, 4) is 0 Å². The Balaban J connectivity index is 2.45. The molecular formula is C12H22N2O3. The van der Waals surface area contributed by atoms with Crippen LogP contribution in [0.25, 0.3) is 0 Å². The predicted octanol–water partition coefficient (Wildman–Crippen LogP) is 0.554. The van der Waals surface area contributed by atoms with Crippen LogP contribution in [0.1, 0.15) is 27.7 Å². The van der Waals surface area contributed by atoms with Crippen molar-refractivity contribution in [1.82, 2.24) is 10.2 Å². The number of amides is 1. The average molecular weight is 242 g/mol. The molecule has 17 heavy (non-hydrogen) atoms. The third kappa shape index (κ3) is 4.34. The number of carboxylic acid groups (broad SMARTS) is 1. The zero-order valence-corrected chi connectivity index (χ0v) is 11.0. The summed E-state index contributed by atoms with van der Waals surface area (Å²) in [7, 11) is 0. The van der Waals surface area contributed by atoms with Gasteiger partial charge in [-0.15, -0.1) is 0 Å². The van der Waals surface area contributed by atoms with Gasteiger partial charge >= 0.3 is 5.97 Å². The fourth-order valence-electron chi connectivity index (χ4n) is 2.18. The minimum absolute atomic E-state index is 0.0456. The maximum absolute atomic E-state index is 11.7. The first kappa shape index (κ1) is 14.0. The molecule has 0 aromatic carbocycles. The Labute approximate surface area is 102 Å². The van der Waals surface area contributed by atoms with Crippen LogP contribution in [0.2, 0.25) is 0 Å². The number of aliphatic carboxylic acids is 1. The maximum Gasteiger partial charge on any atom is 0.308 e. The standard InChI is InChI=1S/C12H22N2O3/c1-8-5-14(6-9(8)11(16)17)7-10(15)13-12(2,3)4/h8-9H,5-7H2,1-4H3,(H,13,15)(H,16,17). The van der Waals surface area contributed by atoms with Crippen molar-refractivity contribution in [1.29, 1.82) is 0 Å². The number of nitrogens with zero attached hydrogens (tertiary/aromatic N) is 1. The fraction of sp³-hybridized carbons (Fsp3) is 0.833. The summed E-state index contributed by atoms with van der Waals surface area (Å²) in [6.45, 7) is 9.13. The number of likely N-dealkylation sites (tertiary alicyclic amines) is 1. The van der Waals surface area contributed by atoms with Gasteiger partial charge in [-0.3, -0.25) is 14.5 Å². The van der Waals surface area contributed by atoms with Crippen LogP contribution in [0.5, 0.6) is 0 Å². The quantitative estimate of drug-likeness (QED) is 0.758. The van der Waals surface area contributed by atoms with Crippen molar-refractivity contribution >= 4 is 11.9 Å². The molecule has 0 aromatic heterocycles. The second kappa shape index (κ2) is 5.04. The van der Waals surface area contributed by atoms with E-state index in [0.29, 0.717) is 13.1 Å². The Bertz CT molecular complexity index is 309. The summed E-state index contributed by atoms with van der Waals surface area (Å²) in [5, 5.41) is 11.9. The van der Waals surface area contributed by atoms with Crippen LogP contribution in [0, 0.1) is 11.8 Å². The molecular weight excluding hydrogens is 220 g/mol. The van der Waals surface area contributed by atoms with Gasteiger partial charge in [0, 0.05) is 18.6 Å². The molecule has 1 aliphatic heterocycles. The van der Waals surface area contributed by atoms with Gasteiger partial charge < -0.3 is 10.4 Å². The van der Waals surface area contributed by atoms with E-state index in [1.165, 1.54) is 0 Å². The van der Waals surface area contributed by atoms with Crippen molar-refractivity contribution in [3.05, 3.63) is 0 Å². The average Bonchev–Trinajstić information content (AvgIpc) is 2.42. The zero-order chi connectivity index (χ0) is 13.2. The van der Waals surface area contributed by atoms with Crippen LogP contribution < -0.4 is 5.32 Å². The molecule has 0 bridgehead atoms. The van der Waals surface area contributed by atoms with E-state index in [2.05, 4.69) is 5.32 Å². The van der Waals surface area contributed by atoms with Crippen LogP contribution in [0.3, 0.4) is 0 Å². The van der Waals surface area contributed by atoms with Gasteiger partial charge in [0.2, 0.25) is 5.91 Å². The number of carbonyl (C=O) groups excluding carboxylic acids is 1. The number of carboxylic acids is 1. The summed E-state index contributed by atoms with van der Waals surface area (Å²) in [6.07, 6.45) is 0. The van der Waals surface area contributed by atoms with Gasteiger partial charge in [0.05, 0.1) is 12.5 Å². The van der Waals surface area contributed by atoms with Gasteiger partial charge in [-0.1, -0.05) is 6.92 Å². The number of rotatable bonds is 3. The lowest BCUT2D eigenvalue weighted by molar-refractivity contribution is -0.142. The lowest BCUT2D eigenvalue weighted by Crippen LogP contribution is -2.45. The van der Waals surface area contributed by atoms with E-state index in [4.69, 9.17) is 5.11 Å². The lowest BCUT2D eigenvalue weighted by Gasteiger charge is -2.23. The molecule has 2 unspecified atom stereocenters. The Morgan fingerprint density at radius 2 is 1.94 bits per heavy atom. The van der Waals surface area contributed by atoms with Gasteiger partial charge in [-0.05, 0) is 26.7 Å². The second-order valence-electron chi connectivity index (χ2n) is 5.91. The topological polar surface area (TPSA) is 69.6 Å². The van der Waals surface area contributed by atoms with Gasteiger partial charge in [0.1, 0.15) is 0 Å². The van der Waals surface area contributed by atoms with Gasteiger partial charge in [-0.2, -0.15) is 0 Å².